The number of carboxylic acid groups (broad SMARTS) is 1. The zero-order valence-corrected chi connectivity index (χ0v) is 14.0. The molecule has 0 aliphatic rings. The normalized spacial score (nSPS) is 12.1. The summed E-state index contributed by atoms with van der Waals surface area (Å²) in [5.74, 6) is -0.969. The van der Waals surface area contributed by atoms with E-state index in [1.54, 1.807) is 12.3 Å². The Hall–Kier alpha value is -2.88. The molecule has 0 unspecified atom stereocenters. The molecular weight excluding hydrogens is 300 g/mol. The quantitative estimate of drug-likeness (QED) is 0.692. The van der Waals surface area contributed by atoms with Crippen LogP contribution in [0.5, 0.6) is 0 Å². The van der Waals surface area contributed by atoms with E-state index in [9.17, 15) is 4.79 Å². The highest BCUT2D eigenvalue weighted by molar-refractivity contribution is 5.88. The van der Waals surface area contributed by atoms with Crippen molar-refractivity contribution in [3.05, 3.63) is 59.8 Å². The fourth-order valence-corrected chi connectivity index (χ4v) is 2.60. The van der Waals surface area contributed by atoms with Crippen molar-refractivity contribution >= 4 is 23.1 Å². The molecule has 2 heterocycles. The maximum Gasteiger partial charge on any atom is 0.328 e. The largest absolute Gasteiger partial charge is 0.478 e. The van der Waals surface area contributed by atoms with Crippen molar-refractivity contribution in [2.75, 3.05) is 0 Å². The predicted octanol–water partition coefficient (Wildman–Crippen LogP) is 4.63. The fourth-order valence-electron chi connectivity index (χ4n) is 2.60. The number of aliphatic carboxylic acids is 1. The minimum Gasteiger partial charge on any atom is -0.478 e. The van der Waals surface area contributed by atoms with Crippen LogP contribution in [0.2, 0.25) is 0 Å². The lowest BCUT2D eigenvalue weighted by atomic mass is 9.86. The van der Waals surface area contributed by atoms with Gasteiger partial charge < -0.3 is 10.1 Å². The van der Waals surface area contributed by atoms with Crippen LogP contribution in [0.3, 0.4) is 0 Å². The molecule has 0 saturated heterocycles. The van der Waals surface area contributed by atoms with E-state index in [1.807, 2.05) is 12.1 Å². The molecule has 0 aliphatic carbocycles. The number of nitrogens with zero attached hydrogens (tertiary/aromatic N) is 1. The zero-order chi connectivity index (χ0) is 17.3. The van der Waals surface area contributed by atoms with Gasteiger partial charge in [-0.05, 0) is 40.3 Å². The first-order chi connectivity index (χ1) is 11.3. The van der Waals surface area contributed by atoms with Crippen molar-refractivity contribution in [3.63, 3.8) is 0 Å². The Bertz CT molecular complexity index is 913. The van der Waals surface area contributed by atoms with Crippen molar-refractivity contribution < 1.29 is 9.90 Å². The molecule has 24 heavy (non-hydrogen) atoms. The number of H-pyrrole nitrogens is 1. The average Bonchev–Trinajstić information content (AvgIpc) is 2.95. The van der Waals surface area contributed by atoms with Crippen LogP contribution in [-0.2, 0) is 10.2 Å². The monoisotopic (exact) mass is 320 g/mol. The van der Waals surface area contributed by atoms with Gasteiger partial charge in [0, 0.05) is 23.4 Å². The van der Waals surface area contributed by atoms with Crippen LogP contribution in [-0.4, -0.2) is 21.0 Å². The van der Waals surface area contributed by atoms with Gasteiger partial charge in [-0.25, -0.2) is 9.78 Å². The first-order valence-corrected chi connectivity index (χ1v) is 7.83. The van der Waals surface area contributed by atoms with Crippen LogP contribution in [0, 0.1) is 0 Å². The number of rotatable bonds is 3. The molecule has 3 rings (SSSR count). The van der Waals surface area contributed by atoms with Crippen LogP contribution < -0.4 is 0 Å². The molecule has 0 saturated carbocycles. The summed E-state index contributed by atoms with van der Waals surface area (Å²) in [6, 6.07) is 12.5. The molecule has 0 atom stereocenters. The second-order valence-corrected chi connectivity index (χ2v) is 6.89. The Labute approximate surface area is 140 Å². The molecular formula is C20H20N2O2. The first kappa shape index (κ1) is 16.0. The number of pyridine rings is 1. The van der Waals surface area contributed by atoms with Gasteiger partial charge >= 0.3 is 5.97 Å². The number of aromatic amines is 1. The van der Waals surface area contributed by atoms with Gasteiger partial charge in [-0.2, -0.15) is 0 Å². The lowest BCUT2D eigenvalue weighted by Gasteiger charge is -2.18. The molecule has 2 N–H and O–H groups in total. The molecule has 0 aliphatic heterocycles. The van der Waals surface area contributed by atoms with Crippen molar-refractivity contribution in [2.45, 2.75) is 26.2 Å². The van der Waals surface area contributed by atoms with E-state index in [4.69, 9.17) is 5.11 Å². The SMILES string of the molecule is CC(C)(C)c1ccc(-c2cc3cc(/C=C/C(=O)O)cnc3[nH]2)cc1. The number of aromatic nitrogens is 2. The molecule has 4 heteroatoms. The van der Waals surface area contributed by atoms with E-state index < -0.39 is 5.97 Å². The van der Waals surface area contributed by atoms with Crippen molar-refractivity contribution in [3.8, 4) is 11.3 Å². The van der Waals surface area contributed by atoms with E-state index in [0.717, 1.165) is 33.9 Å². The minimum atomic E-state index is -0.969. The second-order valence-electron chi connectivity index (χ2n) is 6.89. The summed E-state index contributed by atoms with van der Waals surface area (Å²) in [6.07, 6.45) is 4.31. The summed E-state index contributed by atoms with van der Waals surface area (Å²) >= 11 is 0. The summed E-state index contributed by atoms with van der Waals surface area (Å²) in [7, 11) is 0. The predicted molar refractivity (Wildman–Crippen MR) is 96.9 cm³/mol. The molecule has 2 aromatic heterocycles. The number of carbonyl (C=O) groups is 1. The molecule has 0 bridgehead atoms. The Morgan fingerprint density at radius 1 is 1.17 bits per heavy atom. The smallest absolute Gasteiger partial charge is 0.328 e. The van der Waals surface area contributed by atoms with Crippen LogP contribution in [0.15, 0.2) is 48.7 Å². The summed E-state index contributed by atoms with van der Waals surface area (Å²) < 4.78 is 0. The van der Waals surface area contributed by atoms with E-state index in [2.05, 4.69) is 55.0 Å². The molecule has 3 aromatic rings. The highest BCUT2D eigenvalue weighted by atomic mass is 16.4. The van der Waals surface area contributed by atoms with E-state index >= 15 is 0 Å². The lowest BCUT2D eigenvalue weighted by Crippen LogP contribution is -2.10. The molecule has 0 spiro atoms. The Kier molecular flexibility index (Phi) is 3.97. The van der Waals surface area contributed by atoms with Crippen molar-refractivity contribution in [2.24, 2.45) is 0 Å². The molecule has 0 amide bonds. The standard InChI is InChI=1S/C20H20N2O2/c1-20(2,3)16-7-5-14(6-8-16)17-11-15-10-13(4-9-18(23)24)12-21-19(15)22-17/h4-12H,1-3H3,(H,21,22)(H,23,24)/b9-4+. The van der Waals surface area contributed by atoms with Gasteiger partial charge in [0.15, 0.2) is 0 Å². The van der Waals surface area contributed by atoms with Gasteiger partial charge in [0.1, 0.15) is 5.65 Å². The molecule has 122 valence electrons. The molecule has 0 fully saturated rings. The Balaban J connectivity index is 1.94. The highest BCUT2D eigenvalue weighted by Crippen LogP contribution is 2.27. The maximum absolute atomic E-state index is 10.6. The summed E-state index contributed by atoms with van der Waals surface area (Å²) in [6.45, 7) is 6.59. The number of nitrogens with one attached hydrogen (secondary N) is 1. The summed E-state index contributed by atoms with van der Waals surface area (Å²) in [5, 5.41) is 9.66. The maximum atomic E-state index is 10.6. The van der Waals surface area contributed by atoms with Gasteiger partial charge in [-0.15, -0.1) is 0 Å². The van der Waals surface area contributed by atoms with Gasteiger partial charge in [0.05, 0.1) is 0 Å². The zero-order valence-electron chi connectivity index (χ0n) is 14.0. The van der Waals surface area contributed by atoms with Crippen LogP contribution >= 0.6 is 0 Å². The third-order valence-corrected chi connectivity index (χ3v) is 3.97. The number of hydrogen-bond donors (Lipinski definition) is 2. The van der Waals surface area contributed by atoms with Crippen LogP contribution in [0.4, 0.5) is 0 Å². The molecule has 4 nitrogen and oxygen atoms in total. The Morgan fingerprint density at radius 2 is 1.88 bits per heavy atom. The van der Waals surface area contributed by atoms with Crippen molar-refractivity contribution in [1.82, 2.24) is 9.97 Å². The van der Waals surface area contributed by atoms with Gasteiger partial charge in [0.25, 0.3) is 0 Å². The van der Waals surface area contributed by atoms with E-state index in [0.29, 0.717) is 0 Å². The fraction of sp³-hybridized carbons (Fsp3) is 0.200. The number of benzene rings is 1. The van der Waals surface area contributed by atoms with E-state index in [1.165, 1.54) is 5.56 Å². The summed E-state index contributed by atoms with van der Waals surface area (Å²) in [4.78, 5) is 18.3. The van der Waals surface area contributed by atoms with E-state index in [-0.39, 0.29) is 5.41 Å². The van der Waals surface area contributed by atoms with Crippen molar-refractivity contribution in [1.29, 1.82) is 0 Å². The van der Waals surface area contributed by atoms with Crippen LogP contribution in [0.1, 0.15) is 31.9 Å². The Morgan fingerprint density at radius 3 is 2.50 bits per heavy atom. The van der Waals surface area contributed by atoms with Gasteiger partial charge in [-0.3, -0.25) is 0 Å². The molecule has 1 aromatic carbocycles. The van der Waals surface area contributed by atoms with Gasteiger partial charge in [-0.1, -0.05) is 45.0 Å². The molecule has 0 radical (unpaired) electrons. The average molecular weight is 320 g/mol. The third-order valence-electron chi connectivity index (χ3n) is 3.97. The van der Waals surface area contributed by atoms with Gasteiger partial charge in [0.2, 0.25) is 0 Å². The topological polar surface area (TPSA) is 66.0 Å². The number of fused-ring (bicyclic) bond motifs is 1. The third kappa shape index (κ3) is 3.38. The minimum absolute atomic E-state index is 0.131. The summed E-state index contributed by atoms with van der Waals surface area (Å²) in [5.41, 5.74) is 5.07. The second kappa shape index (κ2) is 5.96. The first-order valence-electron chi connectivity index (χ1n) is 7.83. The highest BCUT2D eigenvalue weighted by Gasteiger charge is 2.13. The number of hydrogen-bond acceptors (Lipinski definition) is 2. The number of carboxylic acids is 1. The lowest BCUT2D eigenvalue weighted by molar-refractivity contribution is -0.131. The van der Waals surface area contributed by atoms with Crippen LogP contribution in [0.25, 0.3) is 28.4 Å².